The molecule has 1 fully saturated rings. The van der Waals surface area contributed by atoms with E-state index in [1.807, 2.05) is 36.4 Å². The van der Waals surface area contributed by atoms with Crippen molar-refractivity contribution in [3.8, 4) is 11.5 Å². The van der Waals surface area contributed by atoms with E-state index in [0.717, 1.165) is 33.5 Å². The first-order valence-corrected chi connectivity index (χ1v) is 12.7. The van der Waals surface area contributed by atoms with Gasteiger partial charge in [0.15, 0.2) is 0 Å². The van der Waals surface area contributed by atoms with Crippen LogP contribution in [-0.4, -0.2) is 56.6 Å². The summed E-state index contributed by atoms with van der Waals surface area (Å²) in [6.45, 7) is 2.22. The monoisotopic (exact) mass is 502 g/mol. The third kappa shape index (κ3) is 3.91. The number of benzene rings is 2. The number of fused-ring (bicyclic) bond motifs is 2. The Morgan fingerprint density at radius 2 is 2.00 bits per heavy atom. The van der Waals surface area contributed by atoms with Crippen molar-refractivity contribution < 1.29 is 19.4 Å². The summed E-state index contributed by atoms with van der Waals surface area (Å²) >= 11 is 5.84. The van der Waals surface area contributed by atoms with Crippen molar-refractivity contribution in [3.63, 3.8) is 0 Å². The third-order valence-corrected chi connectivity index (χ3v) is 8.70. The zero-order valence-electron chi connectivity index (χ0n) is 16.8. The zero-order chi connectivity index (χ0) is 21.4. The molecule has 0 aromatic heterocycles. The van der Waals surface area contributed by atoms with Gasteiger partial charge < -0.3 is 0 Å². The summed E-state index contributed by atoms with van der Waals surface area (Å²) in [6.07, 6.45) is 1.07. The van der Waals surface area contributed by atoms with Crippen LogP contribution in [0.3, 0.4) is 0 Å². The number of carboxylic acid groups (broad SMARTS) is 1. The van der Waals surface area contributed by atoms with Gasteiger partial charge in [0.2, 0.25) is 0 Å². The summed E-state index contributed by atoms with van der Waals surface area (Å²) in [5, 5.41) is 15.0. The second-order valence-corrected chi connectivity index (χ2v) is 10.6. The Kier molecular flexibility index (Phi) is 5.59. The van der Waals surface area contributed by atoms with Gasteiger partial charge >= 0.3 is 193 Å². The number of piperidine rings is 1. The molecule has 0 aliphatic carbocycles. The maximum atomic E-state index is 12.5. The van der Waals surface area contributed by atoms with E-state index < -0.39 is 11.4 Å². The van der Waals surface area contributed by atoms with Gasteiger partial charge in [0, 0.05) is 0 Å². The van der Waals surface area contributed by atoms with Gasteiger partial charge in [0.25, 0.3) is 0 Å². The van der Waals surface area contributed by atoms with Gasteiger partial charge in [-0.3, -0.25) is 0 Å². The number of rotatable bonds is 5. The van der Waals surface area contributed by atoms with Gasteiger partial charge in [-0.1, -0.05) is 0 Å². The van der Waals surface area contributed by atoms with E-state index in [0.29, 0.717) is 43.3 Å². The molecule has 0 unspecified atom stereocenters. The van der Waals surface area contributed by atoms with Crippen molar-refractivity contribution in [2.75, 3.05) is 19.9 Å². The number of aliphatic imine (C=N–C) groups is 1. The number of halogens is 1. The second-order valence-electron chi connectivity index (χ2n) is 7.89. The molecule has 1 radical (unpaired) electrons. The Balaban J connectivity index is 1.47. The molecule has 2 aromatic carbocycles. The van der Waals surface area contributed by atoms with Crippen LogP contribution >= 0.6 is 11.6 Å². The molecule has 3 aliphatic rings. The van der Waals surface area contributed by atoms with E-state index in [4.69, 9.17) is 26.1 Å². The minimum atomic E-state index is -0.965. The molecule has 2 N–H and O–H groups in total. The van der Waals surface area contributed by atoms with Gasteiger partial charge in [-0.15, -0.1) is 0 Å². The Hall–Kier alpha value is -2.21. The quantitative estimate of drug-likeness (QED) is 0.611. The summed E-state index contributed by atoms with van der Waals surface area (Å²) < 4.78 is 13.1. The van der Waals surface area contributed by atoms with Crippen molar-refractivity contribution in [1.29, 1.82) is 0 Å². The summed E-state index contributed by atoms with van der Waals surface area (Å²) in [7, 11) is 0. The van der Waals surface area contributed by atoms with Crippen LogP contribution in [0.1, 0.15) is 24.0 Å². The Labute approximate surface area is 192 Å². The molecule has 0 amide bonds. The molecule has 7 nitrogen and oxygen atoms in total. The van der Waals surface area contributed by atoms with Crippen LogP contribution in [0.2, 0.25) is 5.02 Å². The van der Waals surface area contributed by atoms with Crippen molar-refractivity contribution >= 4 is 45.1 Å². The summed E-state index contributed by atoms with van der Waals surface area (Å²) in [4.78, 5) is 17.4. The number of carboxylic acids is 1. The number of hydrogen-bond acceptors (Lipinski definition) is 6. The first-order chi connectivity index (χ1) is 15.0. The van der Waals surface area contributed by atoms with Crippen LogP contribution in [0.15, 0.2) is 41.4 Å². The molecular formula is C22H22AsClN3O4. The summed E-state index contributed by atoms with van der Waals surface area (Å²) in [5.41, 5.74) is 2.04. The first-order valence-electron chi connectivity index (χ1n) is 10.2. The predicted octanol–water partition coefficient (Wildman–Crippen LogP) is 3.19. The van der Waals surface area contributed by atoms with Crippen LogP contribution in [0.25, 0.3) is 0 Å². The topological polar surface area (TPSA) is 83.4 Å². The normalized spacial score (nSPS) is 19.4. The van der Waals surface area contributed by atoms with Crippen LogP contribution in [0.5, 0.6) is 11.5 Å². The van der Waals surface area contributed by atoms with E-state index in [1.54, 1.807) is 0 Å². The van der Waals surface area contributed by atoms with Crippen LogP contribution in [-0.2, 0) is 16.5 Å². The van der Waals surface area contributed by atoms with Crippen molar-refractivity contribution in [2.45, 2.75) is 24.6 Å². The molecule has 0 spiro atoms. The first kappa shape index (κ1) is 20.7. The van der Waals surface area contributed by atoms with Crippen molar-refractivity contribution in [3.05, 3.63) is 52.5 Å². The fourth-order valence-corrected chi connectivity index (χ4v) is 6.88. The molecule has 5 rings (SSSR count). The van der Waals surface area contributed by atoms with Gasteiger partial charge in [-0.2, -0.15) is 0 Å². The molecule has 9 heteroatoms. The SMILES string of the molecule is O=C(O)C1(C2=Nc3ccc(Cl)cc3CN2[As]Cc2ccc3c(c2)OCO3)CCNCC1. The third-order valence-electron chi connectivity index (χ3n) is 5.99. The van der Waals surface area contributed by atoms with Crippen molar-refractivity contribution in [2.24, 2.45) is 10.4 Å². The number of nitrogens with zero attached hydrogens (tertiary/aromatic N) is 2. The van der Waals surface area contributed by atoms with Gasteiger partial charge in [0.1, 0.15) is 0 Å². The number of carbonyl (C=O) groups is 1. The average molecular weight is 503 g/mol. The maximum absolute atomic E-state index is 12.5. The van der Waals surface area contributed by atoms with E-state index in [9.17, 15) is 9.90 Å². The van der Waals surface area contributed by atoms with Crippen LogP contribution in [0, 0.1) is 5.41 Å². The fraction of sp³-hybridized carbons (Fsp3) is 0.364. The van der Waals surface area contributed by atoms with Crippen molar-refractivity contribution in [1.82, 2.24) is 9.13 Å². The molecule has 3 heterocycles. The number of ether oxygens (including phenoxy) is 2. The molecule has 0 bridgehead atoms. The molecule has 0 saturated carbocycles. The van der Waals surface area contributed by atoms with E-state index >= 15 is 0 Å². The number of hydrogen-bond donors (Lipinski definition) is 2. The van der Waals surface area contributed by atoms with Crippen LogP contribution in [0.4, 0.5) is 5.69 Å². The fourth-order valence-electron chi connectivity index (χ4n) is 4.26. The molecule has 161 valence electrons. The van der Waals surface area contributed by atoms with Gasteiger partial charge in [-0.05, 0) is 0 Å². The standard InChI is InChI=1S/C22H22AsClN3O4/c24-16-2-3-17-15(10-16)12-27(20(26-17)22(21(28)29)5-7-25-8-6-22)23-11-14-1-4-18-19(9-14)31-13-30-18/h1-4,9-10,25H,5-8,11-13H2,(H,28,29). The van der Waals surface area contributed by atoms with E-state index in [2.05, 4.69) is 9.13 Å². The number of aliphatic carboxylic acids is 1. The molecular weight excluding hydrogens is 481 g/mol. The molecule has 3 aliphatic heterocycles. The predicted molar refractivity (Wildman–Crippen MR) is 118 cm³/mol. The number of amidine groups is 1. The summed E-state index contributed by atoms with van der Waals surface area (Å²) in [6, 6.07) is 11.6. The van der Waals surface area contributed by atoms with Gasteiger partial charge in [-0.25, -0.2) is 0 Å². The number of nitrogens with one attached hydrogen (secondary N) is 1. The average Bonchev–Trinajstić information content (AvgIpc) is 3.25. The molecule has 0 atom stereocenters. The minimum absolute atomic E-state index is 0.252. The molecule has 2 aromatic rings. The Morgan fingerprint density at radius 3 is 2.81 bits per heavy atom. The summed E-state index contributed by atoms with van der Waals surface area (Å²) in [5.74, 6) is 1.43. The molecule has 31 heavy (non-hydrogen) atoms. The molecule has 1 saturated heterocycles. The Bertz CT molecular complexity index is 1060. The van der Waals surface area contributed by atoms with E-state index in [1.165, 1.54) is 0 Å². The zero-order valence-corrected chi connectivity index (χ0v) is 19.4. The second kappa shape index (κ2) is 8.38. The van der Waals surface area contributed by atoms with Gasteiger partial charge in [0.05, 0.1) is 0 Å². The van der Waals surface area contributed by atoms with Crippen LogP contribution < -0.4 is 14.8 Å². The Morgan fingerprint density at radius 1 is 1.19 bits per heavy atom. The van der Waals surface area contributed by atoms with E-state index in [-0.39, 0.29) is 22.8 Å².